The minimum Gasteiger partial charge on any atom is -0.212 e. The zero-order valence-corrected chi connectivity index (χ0v) is 8.42. The molecule has 1 saturated carbocycles. The van der Waals surface area contributed by atoms with Gasteiger partial charge in [0.2, 0.25) is 9.05 Å². The fourth-order valence-corrected chi connectivity index (χ4v) is 3.11. The SMILES string of the molecule is O=S(=O)(Cl)[C@H]1C[C@H]1c1ccccc1. The average Bonchev–Trinajstić information content (AvgIpc) is 2.83. The van der Waals surface area contributed by atoms with Gasteiger partial charge < -0.3 is 0 Å². The molecule has 0 unspecified atom stereocenters. The maximum absolute atomic E-state index is 10.9. The molecule has 70 valence electrons. The Morgan fingerprint density at radius 2 is 1.85 bits per heavy atom. The van der Waals surface area contributed by atoms with Crippen LogP contribution < -0.4 is 0 Å². The van der Waals surface area contributed by atoms with Crippen LogP contribution in [0.4, 0.5) is 0 Å². The molecule has 1 aliphatic carbocycles. The lowest BCUT2D eigenvalue weighted by molar-refractivity contribution is 0.607. The van der Waals surface area contributed by atoms with Gasteiger partial charge in [-0.3, -0.25) is 0 Å². The first-order chi connectivity index (χ1) is 6.09. The molecule has 0 saturated heterocycles. The maximum atomic E-state index is 10.9. The molecule has 1 fully saturated rings. The standard InChI is InChI=1S/C9H9ClO2S/c10-13(11,12)9-6-8(9)7-4-2-1-3-5-7/h1-5,8-9H,6H2/t8-,9-/m0/s1. The van der Waals surface area contributed by atoms with Gasteiger partial charge in [-0.1, -0.05) is 30.3 Å². The number of hydrogen-bond donors (Lipinski definition) is 0. The van der Waals surface area contributed by atoms with Crippen LogP contribution in [0.5, 0.6) is 0 Å². The predicted octanol–water partition coefficient (Wildman–Crippen LogP) is 2.11. The van der Waals surface area contributed by atoms with Gasteiger partial charge in [-0.15, -0.1) is 0 Å². The molecule has 1 aliphatic rings. The van der Waals surface area contributed by atoms with Gasteiger partial charge in [0.1, 0.15) is 0 Å². The second-order valence-electron chi connectivity index (χ2n) is 3.27. The molecule has 0 amide bonds. The van der Waals surface area contributed by atoms with Crippen LogP contribution in [0.2, 0.25) is 0 Å². The first-order valence-electron chi connectivity index (χ1n) is 4.07. The third-order valence-electron chi connectivity index (χ3n) is 2.32. The fraction of sp³-hybridized carbons (Fsp3) is 0.333. The molecule has 1 aromatic carbocycles. The third kappa shape index (κ3) is 1.86. The van der Waals surface area contributed by atoms with E-state index in [2.05, 4.69) is 0 Å². The van der Waals surface area contributed by atoms with Gasteiger partial charge in [-0.25, -0.2) is 8.42 Å². The molecule has 2 nitrogen and oxygen atoms in total. The Kier molecular flexibility index (Phi) is 2.08. The van der Waals surface area contributed by atoms with Gasteiger partial charge in [0.25, 0.3) is 0 Å². The monoisotopic (exact) mass is 216 g/mol. The molecule has 0 aliphatic heterocycles. The van der Waals surface area contributed by atoms with Gasteiger partial charge in [-0.2, -0.15) is 0 Å². The van der Waals surface area contributed by atoms with E-state index in [-0.39, 0.29) is 11.2 Å². The first-order valence-corrected chi connectivity index (χ1v) is 6.45. The lowest BCUT2D eigenvalue weighted by Gasteiger charge is -1.96. The van der Waals surface area contributed by atoms with Crippen LogP contribution in [0, 0.1) is 0 Å². The molecule has 0 N–H and O–H groups in total. The van der Waals surface area contributed by atoms with E-state index in [1.165, 1.54) is 0 Å². The van der Waals surface area contributed by atoms with E-state index < -0.39 is 9.05 Å². The summed E-state index contributed by atoms with van der Waals surface area (Å²) >= 11 is 0. The summed E-state index contributed by atoms with van der Waals surface area (Å²) in [6.45, 7) is 0. The maximum Gasteiger partial charge on any atom is 0.236 e. The summed E-state index contributed by atoms with van der Waals surface area (Å²) in [5, 5.41) is -0.364. The summed E-state index contributed by atoms with van der Waals surface area (Å²) < 4.78 is 21.9. The Balaban J connectivity index is 2.18. The van der Waals surface area contributed by atoms with Crippen LogP contribution in [0.3, 0.4) is 0 Å². The summed E-state index contributed by atoms with van der Waals surface area (Å²) in [5.41, 5.74) is 1.07. The Hall–Kier alpha value is -0.540. The van der Waals surface area contributed by atoms with Crippen molar-refractivity contribution in [1.29, 1.82) is 0 Å². The van der Waals surface area contributed by atoms with E-state index in [1.807, 2.05) is 30.3 Å². The molecule has 0 bridgehead atoms. The van der Waals surface area contributed by atoms with E-state index in [9.17, 15) is 8.42 Å². The van der Waals surface area contributed by atoms with Crippen molar-refractivity contribution in [3.63, 3.8) is 0 Å². The average molecular weight is 217 g/mol. The third-order valence-corrected chi connectivity index (χ3v) is 4.25. The van der Waals surface area contributed by atoms with Crippen molar-refractivity contribution in [2.24, 2.45) is 0 Å². The Morgan fingerprint density at radius 3 is 2.31 bits per heavy atom. The van der Waals surface area contributed by atoms with Crippen LogP contribution in [0.25, 0.3) is 0 Å². The summed E-state index contributed by atoms with van der Waals surface area (Å²) in [4.78, 5) is 0. The highest BCUT2D eigenvalue weighted by molar-refractivity contribution is 8.14. The molecule has 4 heteroatoms. The quantitative estimate of drug-likeness (QED) is 0.710. The van der Waals surface area contributed by atoms with Crippen LogP contribution in [-0.4, -0.2) is 13.7 Å². The summed E-state index contributed by atoms with van der Waals surface area (Å²) in [6.07, 6.45) is 0.663. The minimum atomic E-state index is -3.35. The van der Waals surface area contributed by atoms with E-state index in [0.717, 1.165) is 5.56 Å². The lowest BCUT2D eigenvalue weighted by atomic mass is 10.1. The highest BCUT2D eigenvalue weighted by Crippen LogP contribution is 2.46. The van der Waals surface area contributed by atoms with E-state index in [1.54, 1.807) is 0 Å². The van der Waals surface area contributed by atoms with Crippen molar-refractivity contribution in [1.82, 2.24) is 0 Å². The van der Waals surface area contributed by atoms with Gasteiger partial charge >= 0.3 is 0 Å². The summed E-state index contributed by atoms with van der Waals surface area (Å²) in [6, 6.07) is 9.60. The predicted molar refractivity (Wildman–Crippen MR) is 52.4 cm³/mol. The number of hydrogen-bond acceptors (Lipinski definition) is 2. The second kappa shape index (κ2) is 3.00. The molecule has 13 heavy (non-hydrogen) atoms. The molecule has 0 aromatic heterocycles. The van der Waals surface area contributed by atoms with Gasteiger partial charge in [0, 0.05) is 16.6 Å². The van der Waals surface area contributed by atoms with E-state index in [0.29, 0.717) is 6.42 Å². The van der Waals surface area contributed by atoms with Gasteiger partial charge in [-0.05, 0) is 12.0 Å². The zero-order valence-electron chi connectivity index (χ0n) is 6.85. The largest absolute Gasteiger partial charge is 0.236 e. The topological polar surface area (TPSA) is 34.1 Å². The molecular formula is C9H9ClO2S. The molecular weight excluding hydrogens is 208 g/mol. The highest BCUT2D eigenvalue weighted by atomic mass is 35.7. The van der Waals surface area contributed by atoms with Gasteiger partial charge in [0.05, 0.1) is 5.25 Å². The van der Waals surface area contributed by atoms with Crippen LogP contribution in [-0.2, 0) is 9.05 Å². The fourth-order valence-electron chi connectivity index (χ4n) is 1.53. The zero-order chi connectivity index (χ0) is 9.47. The van der Waals surface area contributed by atoms with Crippen molar-refractivity contribution < 1.29 is 8.42 Å². The normalized spacial score (nSPS) is 27.2. The minimum absolute atomic E-state index is 0.115. The Morgan fingerprint density at radius 1 is 1.23 bits per heavy atom. The number of benzene rings is 1. The van der Waals surface area contributed by atoms with Crippen LogP contribution in [0.1, 0.15) is 17.9 Å². The summed E-state index contributed by atoms with van der Waals surface area (Å²) in [5.74, 6) is 0.115. The van der Waals surface area contributed by atoms with Crippen molar-refractivity contribution in [2.75, 3.05) is 0 Å². The molecule has 1 aromatic rings. The van der Waals surface area contributed by atoms with Crippen molar-refractivity contribution in [3.05, 3.63) is 35.9 Å². The first kappa shape index (κ1) is 9.03. The molecule has 0 heterocycles. The number of rotatable bonds is 2. The van der Waals surface area contributed by atoms with Crippen molar-refractivity contribution >= 4 is 19.7 Å². The smallest absolute Gasteiger partial charge is 0.212 e. The van der Waals surface area contributed by atoms with Crippen LogP contribution >= 0.6 is 10.7 Å². The molecule has 0 spiro atoms. The lowest BCUT2D eigenvalue weighted by Crippen LogP contribution is -1.98. The second-order valence-corrected chi connectivity index (χ2v) is 6.11. The van der Waals surface area contributed by atoms with Crippen LogP contribution in [0.15, 0.2) is 30.3 Å². The van der Waals surface area contributed by atoms with Crippen molar-refractivity contribution in [3.8, 4) is 0 Å². The molecule has 2 rings (SSSR count). The van der Waals surface area contributed by atoms with Crippen molar-refractivity contribution in [2.45, 2.75) is 17.6 Å². The van der Waals surface area contributed by atoms with E-state index >= 15 is 0 Å². The summed E-state index contributed by atoms with van der Waals surface area (Å²) in [7, 11) is 1.89. The van der Waals surface area contributed by atoms with E-state index in [4.69, 9.17) is 10.7 Å². The highest BCUT2D eigenvalue weighted by Gasteiger charge is 2.47. The number of halogens is 1. The van der Waals surface area contributed by atoms with Gasteiger partial charge in [0.15, 0.2) is 0 Å². The Bertz CT molecular complexity index is 399. The molecule has 2 atom stereocenters. The Labute approximate surface area is 82.0 Å². The molecule has 0 radical (unpaired) electrons.